The highest BCUT2D eigenvalue weighted by atomic mass is 19.1. The number of benzene rings is 2. The number of anilines is 1. The Hall–Kier alpha value is -3.15. The molecule has 0 atom stereocenters. The van der Waals surface area contributed by atoms with Crippen molar-refractivity contribution in [2.75, 3.05) is 11.9 Å². The van der Waals surface area contributed by atoms with Crippen LogP contribution in [0.25, 0.3) is 11.4 Å². The third-order valence-electron chi connectivity index (χ3n) is 4.60. The van der Waals surface area contributed by atoms with Crippen molar-refractivity contribution in [2.24, 2.45) is 0 Å². The van der Waals surface area contributed by atoms with Crippen molar-refractivity contribution in [3.8, 4) is 17.1 Å². The Morgan fingerprint density at radius 1 is 1.14 bits per heavy atom. The molecule has 6 heteroatoms. The molecule has 0 radical (unpaired) electrons. The number of aryl methyl sites for hydroxylation is 2. The van der Waals surface area contributed by atoms with Crippen LogP contribution in [-0.2, 0) is 13.0 Å². The highest BCUT2D eigenvalue weighted by Gasteiger charge is 2.19. The molecule has 28 heavy (non-hydrogen) atoms. The van der Waals surface area contributed by atoms with E-state index in [1.807, 2.05) is 37.3 Å². The Kier molecular flexibility index (Phi) is 6.09. The molecular formula is C22H24FN3O2. The van der Waals surface area contributed by atoms with Crippen molar-refractivity contribution in [2.45, 2.75) is 33.2 Å². The molecule has 146 valence electrons. The molecule has 3 rings (SSSR count). The van der Waals surface area contributed by atoms with Gasteiger partial charge in [-0.3, -0.25) is 9.36 Å². The van der Waals surface area contributed by atoms with Crippen LogP contribution < -0.4 is 10.9 Å². The van der Waals surface area contributed by atoms with Crippen molar-refractivity contribution in [3.63, 3.8) is 0 Å². The second-order valence-electron chi connectivity index (χ2n) is 6.65. The third kappa shape index (κ3) is 4.06. The molecule has 0 saturated carbocycles. The Labute approximate surface area is 163 Å². The van der Waals surface area contributed by atoms with Gasteiger partial charge in [-0.1, -0.05) is 43.3 Å². The lowest BCUT2D eigenvalue weighted by Gasteiger charge is -2.17. The van der Waals surface area contributed by atoms with Gasteiger partial charge in [0.2, 0.25) is 0 Å². The van der Waals surface area contributed by atoms with Crippen molar-refractivity contribution in [3.05, 3.63) is 76.0 Å². The smallest absolute Gasteiger partial charge is 0.277 e. The van der Waals surface area contributed by atoms with Crippen LogP contribution in [0.4, 0.5) is 10.1 Å². The van der Waals surface area contributed by atoms with Gasteiger partial charge in [-0.05, 0) is 37.5 Å². The van der Waals surface area contributed by atoms with Gasteiger partial charge in [-0.25, -0.2) is 9.37 Å². The van der Waals surface area contributed by atoms with Crippen molar-refractivity contribution in [1.29, 1.82) is 0 Å². The molecule has 0 unspecified atom stereocenters. The van der Waals surface area contributed by atoms with E-state index in [4.69, 9.17) is 0 Å². The molecule has 0 amide bonds. The molecule has 1 heterocycles. The number of halogens is 1. The van der Waals surface area contributed by atoms with Gasteiger partial charge in [0, 0.05) is 13.1 Å². The first-order valence-electron chi connectivity index (χ1n) is 9.40. The lowest BCUT2D eigenvalue weighted by Crippen LogP contribution is -2.28. The molecule has 0 aliphatic rings. The van der Waals surface area contributed by atoms with Gasteiger partial charge < -0.3 is 10.4 Å². The Bertz CT molecular complexity index is 1020. The normalized spacial score (nSPS) is 10.8. The summed E-state index contributed by atoms with van der Waals surface area (Å²) in [6, 6.07) is 14.0. The number of aromatic hydroxyl groups is 1. The van der Waals surface area contributed by atoms with Gasteiger partial charge >= 0.3 is 0 Å². The van der Waals surface area contributed by atoms with Crippen LogP contribution in [0.3, 0.4) is 0 Å². The third-order valence-corrected chi connectivity index (χ3v) is 4.60. The molecule has 5 nitrogen and oxygen atoms in total. The zero-order valence-electron chi connectivity index (χ0n) is 16.1. The van der Waals surface area contributed by atoms with Gasteiger partial charge in [-0.15, -0.1) is 0 Å². The lowest BCUT2D eigenvalue weighted by molar-refractivity contribution is 0.433. The van der Waals surface area contributed by atoms with Gasteiger partial charge in [0.15, 0.2) is 11.6 Å². The Balaban J connectivity index is 2.11. The van der Waals surface area contributed by atoms with E-state index in [1.165, 1.54) is 16.7 Å². The SMILES string of the molecule is CCCNc1c(C)nc(-c2cccc(F)c2O)n(CCc2ccccc2)c1=O. The summed E-state index contributed by atoms with van der Waals surface area (Å²) < 4.78 is 15.4. The first-order valence-corrected chi connectivity index (χ1v) is 9.40. The zero-order chi connectivity index (χ0) is 20.1. The standard InChI is InChI=1S/C22H24FN3O2/c1-3-13-24-19-15(2)25-21(17-10-7-11-18(23)20(17)27)26(22(19)28)14-12-16-8-5-4-6-9-16/h4-11,24,27H,3,12-14H2,1-2H3. The van der Waals surface area contributed by atoms with E-state index in [1.54, 1.807) is 13.0 Å². The quantitative estimate of drug-likeness (QED) is 0.646. The molecule has 2 aromatic carbocycles. The Morgan fingerprint density at radius 2 is 1.89 bits per heavy atom. The fraction of sp³-hybridized carbons (Fsp3) is 0.273. The van der Waals surface area contributed by atoms with E-state index in [9.17, 15) is 14.3 Å². The minimum atomic E-state index is -0.743. The molecule has 3 aromatic rings. The number of hydrogen-bond donors (Lipinski definition) is 2. The summed E-state index contributed by atoms with van der Waals surface area (Å²) in [5, 5.41) is 13.3. The molecule has 0 fully saturated rings. The summed E-state index contributed by atoms with van der Waals surface area (Å²) in [6.45, 7) is 4.77. The predicted molar refractivity (Wildman–Crippen MR) is 109 cm³/mol. The number of phenols is 1. The van der Waals surface area contributed by atoms with Gasteiger partial charge in [0.05, 0.1) is 11.3 Å². The summed E-state index contributed by atoms with van der Waals surface area (Å²) in [4.78, 5) is 17.7. The van der Waals surface area contributed by atoms with Crippen LogP contribution >= 0.6 is 0 Å². The van der Waals surface area contributed by atoms with E-state index in [0.717, 1.165) is 12.0 Å². The summed E-state index contributed by atoms with van der Waals surface area (Å²) in [5.74, 6) is -0.985. The van der Waals surface area contributed by atoms with E-state index < -0.39 is 11.6 Å². The van der Waals surface area contributed by atoms with E-state index in [-0.39, 0.29) is 16.9 Å². The molecule has 0 saturated heterocycles. The average molecular weight is 381 g/mol. The highest BCUT2D eigenvalue weighted by molar-refractivity contribution is 5.66. The van der Waals surface area contributed by atoms with E-state index in [0.29, 0.717) is 30.9 Å². The second kappa shape index (κ2) is 8.69. The largest absolute Gasteiger partial charge is 0.504 e. The maximum atomic E-state index is 13.9. The minimum absolute atomic E-state index is 0.204. The molecule has 0 aliphatic carbocycles. The molecule has 0 spiro atoms. The molecule has 0 bridgehead atoms. The van der Waals surface area contributed by atoms with Crippen LogP contribution in [0.5, 0.6) is 5.75 Å². The first kappa shape index (κ1) is 19.6. The van der Waals surface area contributed by atoms with Gasteiger partial charge in [0.1, 0.15) is 11.5 Å². The van der Waals surface area contributed by atoms with E-state index >= 15 is 0 Å². The van der Waals surface area contributed by atoms with Crippen molar-refractivity contribution in [1.82, 2.24) is 9.55 Å². The van der Waals surface area contributed by atoms with Crippen LogP contribution in [0.15, 0.2) is 53.3 Å². The fourth-order valence-electron chi connectivity index (χ4n) is 3.11. The fourth-order valence-corrected chi connectivity index (χ4v) is 3.11. The topological polar surface area (TPSA) is 67.2 Å². The predicted octanol–water partition coefficient (Wildman–Crippen LogP) is 4.13. The monoisotopic (exact) mass is 381 g/mol. The van der Waals surface area contributed by atoms with Crippen molar-refractivity contribution < 1.29 is 9.50 Å². The summed E-state index contributed by atoms with van der Waals surface area (Å²) >= 11 is 0. The molecule has 2 N–H and O–H groups in total. The van der Waals surface area contributed by atoms with Crippen LogP contribution in [0.2, 0.25) is 0 Å². The minimum Gasteiger partial charge on any atom is -0.504 e. The Morgan fingerprint density at radius 3 is 2.61 bits per heavy atom. The molecule has 0 aliphatic heterocycles. The molecular weight excluding hydrogens is 357 g/mol. The van der Waals surface area contributed by atoms with Crippen LogP contribution in [0, 0.1) is 12.7 Å². The zero-order valence-corrected chi connectivity index (χ0v) is 16.1. The maximum Gasteiger partial charge on any atom is 0.277 e. The first-order chi connectivity index (χ1) is 13.5. The summed E-state index contributed by atoms with van der Waals surface area (Å²) in [7, 11) is 0. The molecule has 1 aromatic heterocycles. The second-order valence-corrected chi connectivity index (χ2v) is 6.65. The highest BCUT2D eigenvalue weighted by Crippen LogP contribution is 2.30. The lowest BCUT2D eigenvalue weighted by atomic mass is 10.1. The summed E-state index contributed by atoms with van der Waals surface area (Å²) in [5.41, 5.74) is 2.01. The van der Waals surface area contributed by atoms with Gasteiger partial charge in [0.25, 0.3) is 5.56 Å². The van der Waals surface area contributed by atoms with Crippen LogP contribution in [-0.4, -0.2) is 21.2 Å². The number of phenolic OH excluding ortho intramolecular Hbond substituents is 1. The number of para-hydroxylation sites is 1. The average Bonchev–Trinajstić information content (AvgIpc) is 2.70. The van der Waals surface area contributed by atoms with Gasteiger partial charge in [-0.2, -0.15) is 0 Å². The summed E-state index contributed by atoms with van der Waals surface area (Å²) in [6.07, 6.45) is 1.48. The maximum absolute atomic E-state index is 13.9. The number of nitrogens with zero attached hydrogens (tertiary/aromatic N) is 2. The number of rotatable bonds is 7. The number of nitrogens with one attached hydrogen (secondary N) is 1. The number of hydrogen-bond acceptors (Lipinski definition) is 4. The van der Waals surface area contributed by atoms with Crippen molar-refractivity contribution >= 4 is 5.69 Å². The number of aromatic nitrogens is 2. The van der Waals surface area contributed by atoms with E-state index in [2.05, 4.69) is 10.3 Å². The van der Waals surface area contributed by atoms with Crippen LogP contribution in [0.1, 0.15) is 24.6 Å².